The van der Waals surface area contributed by atoms with Crippen LogP contribution in [0.1, 0.15) is 19.8 Å². The molecule has 1 fully saturated rings. The Morgan fingerprint density at radius 1 is 1.70 bits per heavy atom. The highest BCUT2D eigenvalue weighted by atomic mass is 16.5. The first kappa shape index (κ1) is 7.98. The van der Waals surface area contributed by atoms with Crippen LogP contribution >= 0.6 is 0 Å². The summed E-state index contributed by atoms with van der Waals surface area (Å²) >= 11 is 0. The summed E-state index contributed by atoms with van der Waals surface area (Å²) in [5, 5.41) is 9.70. The molecule has 1 saturated heterocycles. The predicted octanol–water partition coefficient (Wildman–Crippen LogP) is -0.125. The summed E-state index contributed by atoms with van der Waals surface area (Å²) in [6, 6.07) is -0.187. The Balaban J connectivity index is 2.48. The van der Waals surface area contributed by atoms with Gasteiger partial charge in [0.1, 0.15) is 5.60 Å². The molecule has 0 aromatic heterocycles. The highest BCUT2D eigenvalue weighted by Crippen LogP contribution is 2.20. The van der Waals surface area contributed by atoms with Crippen molar-refractivity contribution in [3.8, 4) is 0 Å². The minimum atomic E-state index is -0.766. The molecular formula is C7H15NO2. The molecule has 0 spiro atoms. The van der Waals surface area contributed by atoms with Gasteiger partial charge in [0.25, 0.3) is 0 Å². The fourth-order valence-electron chi connectivity index (χ4n) is 1.16. The second kappa shape index (κ2) is 2.86. The molecule has 1 heterocycles. The van der Waals surface area contributed by atoms with Crippen molar-refractivity contribution in [3.05, 3.63) is 0 Å². The second-order valence-corrected chi connectivity index (χ2v) is 3.05. The average molecular weight is 145 g/mol. The maximum absolute atomic E-state index is 9.70. The summed E-state index contributed by atoms with van der Waals surface area (Å²) < 4.78 is 5.12. The van der Waals surface area contributed by atoms with Crippen LogP contribution in [-0.4, -0.2) is 30.0 Å². The normalized spacial score (nSPS) is 37.5. The maximum Gasteiger partial charge on any atom is 0.103 e. The van der Waals surface area contributed by atoms with Gasteiger partial charge in [-0.1, -0.05) is 0 Å². The Bertz CT molecular complexity index is 108. The van der Waals surface area contributed by atoms with Crippen LogP contribution in [0.4, 0.5) is 0 Å². The highest BCUT2D eigenvalue weighted by Gasteiger charge is 2.33. The molecule has 60 valence electrons. The first-order valence-corrected chi connectivity index (χ1v) is 3.71. The molecule has 10 heavy (non-hydrogen) atoms. The molecule has 2 atom stereocenters. The summed E-state index contributed by atoms with van der Waals surface area (Å²) in [5.74, 6) is 0. The van der Waals surface area contributed by atoms with Crippen LogP contribution in [-0.2, 0) is 4.74 Å². The van der Waals surface area contributed by atoms with Crippen LogP contribution in [0.25, 0.3) is 0 Å². The molecule has 3 N–H and O–H groups in total. The zero-order valence-electron chi connectivity index (χ0n) is 6.34. The van der Waals surface area contributed by atoms with Crippen molar-refractivity contribution >= 4 is 0 Å². The van der Waals surface area contributed by atoms with Gasteiger partial charge in [-0.15, -0.1) is 0 Å². The largest absolute Gasteiger partial charge is 0.386 e. The van der Waals surface area contributed by atoms with E-state index in [-0.39, 0.29) is 6.04 Å². The van der Waals surface area contributed by atoms with Gasteiger partial charge in [-0.25, -0.2) is 0 Å². The molecule has 1 rings (SSSR count). The zero-order chi connectivity index (χ0) is 7.61. The van der Waals surface area contributed by atoms with Crippen molar-refractivity contribution in [2.45, 2.75) is 31.4 Å². The molecule has 0 aromatic rings. The maximum atomic E-state index is 9.70. The average Bonchev–Trinajstić information content (AvgIpc) is 1.89. The molecule has 0 saturated carbocycles. The zero-order valence-corrected chi connectivity index (χ0v) is 6.34. The Morgan fingerprint density at radius 2 is 2.40 bits per heavy atom. The third-order valence-electron chi connectivity index (χ3n) is 2.10. The lowest BCUT2D eigenvalue weighted by atomic mass is 9.90. The molecule has 2 unspecified atom stereocenters. The number of rotatable bonds is 1. The van der Waals surface area contributed by atoms with E-state index in [1.165, 1.54) is 0 Å². The van der Waals surface area contributed by atoms with Crippen LogP contribution < -0.4 is 5.73 Å². The van der Waals surface area contributed by atoms with E-state index in [9.17, 15) is 5.11 Å². The van der Waals surface area contributed by atoms with Gasteiger partial charge in [-0.2, -0.15) is 0 Å². The number of ether oxygens (including phenoxy) is 1. The lowest BCUT2D eigenvalue weighted by molar-refractivity contribution is -0.0961. The van der Waals surface area contributed by atoms with E-state index in [2.05, 4.69) is 0 Å². The summed E-state index contributed by atoms with van der Waals surface area (Å²) in [6.45, 7) is 2.97. The van der Waals surface area contributed by atoms with Gasteiger partial charge in [-0.3, -0.25) is 0 Å². The van der Waals surface area contributed by atoms with E-state index in [0.717, 1.165) is 19.4 Å². The van der Waals surface area contributed by atoms with Gasteiger partial charge in [0.2, 0.25) is 0 Å². The van der Waals surface area contributed by atoms with Crippen molar-refractivity contribution < 1.29 is 9.84 Å². The topological polar surface area (TPSA) is 55.5 Å². The van der Waals surface area contributed by atoms with E-state index in [4.69, 9.17) is 10.5 Å². The standard InChI is InChI=1S/C7H15NO2/c1-6(8)7(9)3-2-4-10-5-7/h6,9H,2-5,8H2,1H3. The van der Waals surface area contributed by atoms with Gasteiger partial charge in [0.05, 0.1) is 6.61 Å². The number of hydrogen-bond donors (Lipinski definition) is 2. The van der Waals surface area contributed by atoms with Gasteiger partial charge >= 0.3 is 0 Å². The summed E-state index contributed by atoms with van der Waals surface area (Å²) in [5.41, 5.74) is 4.81. The summed E-state index contributed by atoms with van der Waals surface area (Å²) in [6.07, 6.45) is 1.68. The molecule has 0 bridgehead atoms. The van der Waals surface area contributed by atoms with Gasteiger partial charge in [-0.05, 0) is 19.8 Å². The third-order valence-corrected chi connectivity index (χ3v) is 2.10. The second-order valence-electron chi connectivity index (χ2n) is 3.05. The smallest absolute Gasteiger partial charge is 0.103 e. The van der Waals surface area contributed by atoms with Crippen LogP contribution in [0.2, 0.25) is 0 Å². The van der Waals surface area contributed by atoms with E-state index in [0.29, 0.717) is 6.61 Å². The van der Waals surface area contributed by atoms with E-state index >= 15 is 0 Å². The van der Waals surface area contributed by atoms with Gasteiger partial charge in [0, 0.05) is 12.6 Å². The fourth-order valence-corrected chi connectivity index (χ4v) is 1.16. The number of hydrogen-bond acceptors (Lipinski definition) is 3. The molecule has 0 radical (unpaired) electrons. The van der Waals surface area contributed by atoms with E-state index in [1.807, 2.05) is 6.92 Å². The monoisotopic (exact) mass is 145 g/mol. The number of aliphatic hydroxyl groups is 1. The lowest BCUT2D eigenvalue weighted by Gasteiger charge is -2.34. The summed E-state index contributed by atoms with van der Waals surface area (Å²) in [4.78, 5) is 0. The van der Waals surface area contributed by atoms with Crippen molar-refractivity contribution in [2.75, 3.05) is 13.2 Å². The Morgan fingerprint density at radius 3 is 2.70 bits per heavy atom. The van der Waals surface area contributed by atoms with E-state index in [1.54, 1.807) is 0 Å². The van der Waals surface area contributed by atoms with E-state index < -0.39 is 5.60 Å². The molecule has 1 aliphatic heterocycles. The highest BCUT2D eigenvalue weighted by molar-refractivity contribution is 4.88. The quantitative estimate of drug-likeness (QED) is 0.540. The molecule has 3 nitrogen and oxygen atoms in total. The molecule has 0 amide bonds. The van der Waals surface area contributed by atoms with Crippen molar-refractivity contribution in [1.29, 1.82) is 0 Å². The van der Waals surface area contributed by atoms with Gasteiger partial charge < -0.3 is 15.6 Å². The Hall–Kier alpha value is -0.120. The number of nitrogens with two attached hydrogens (primary N) is 1. The SMILES string of the molecule is CC(N)C1(O)CCCOC1. The summed E-state index contributed by atoms with van der Waals surface area (Å²) in [7, 11) is 0. The minimum Gasteiger partial charge on any atom is -0.386 e. The molecular weight excluding hydrogens is 130 g/mol. The van der Waals surface area contributed by atoms with Gasteiger partial charge in [0.15, 0.2) is 0 Å². The van der Waals surface area contributed by atoms with Crippen molar-refractivity contribution in [3.63, 3.8) is 0 Å². The first-order valence-electron chi connectivity index (χ1n) is 3.71. The van der Waals surface area contributed by atoms with Crippen molar-refractivity contribution in [1.82, 2.24) is 0 Å². The third kappa shape index (κ3) is 1.48. The fraction of sp³-hybridized carbons (Fsp3) is 1.00. The molecule has 0 aliphatic carbocycles. The Labute approximate surface area is 61.2 Å². The predicted molar refractivity (Wildman–Crippen MR) is 38.7 cm³/mol. The lowest BCUT2D eigenvalue weighted by Crippen LogP contribution is -2.51. The molecule has 0 aromatic carbocycles. The van der Waals surface area contributed by atoms with Crippen molar-refractivity contribution in [2.24, 2.45) is 5.73 Å². The molecule has 1 aliphatic rings. The Kier molecular flexibility index (Phi) is 2.28. The van der Waals surface area contributed by atoms with Crippen LogP contribution in [0.15, 0.2) is 0 Å². The van der Waals surface area contributed by atoms with Crippen LogP contribution in [0.3, 0.4) is 0 Å². The molecule has 3 heteroatoms. The van der Waals surface area contributed by atoms with Crippen LogP contribution in [0.5, 0.6) is 0 Å². The first-order chi connectivity index (χ1) is 4.65. The minimum absolute atomic E-state index is 0.187. The van der Waals surface area contributed by atoms with Crippen LogP contribution in [0, 0.1) is 0 Å².